The Morgan fingerprint density at radius 1 is 1.53 bits per heavy atom. The molecule has 1 atom stereocenters. The van der Waals surface area contributed by atoms with E-state index in [4.69, 9.17) is 17.3 Å². The Morgan fingerprint density at radius 2 is 2.24 bits per heavy atom. The van der Waals surface area contributed by atoms with Crippen LogP contribution in [0.2, 0.25) is 5.02 Å². The average Bonchev–Trinajstić information content (AvgIpc) is 2.29. The lowest BCUT2D eigenvalue weighted by Crippen LogP contribution is -2.15. The van der Waals surface area contributed by atoms with Crippen LogP contribution in [0.5, 0.6) is 0 Å². The zero-order valence-electron chi connectivity index (χ0n) is 9.88. The van der Waals surface area contributed by atoms with Crippen LogP contribution in [0.1, 0.15) is 25.3 Å². The zero-order chi connectivity index (χ0) is 12.8. The van der Waals surface area contributed by atoms with Crippen molar-refractivity contribution < 1.29 is 4.79 Å². The molecule has 0 bridgehead atoms. The summed E-state index contributed by atoms with van der Waals surface area (Å²) in [7, 11) is 0. The maximum atomic E-state index is 11.9. The van der Waals surface area contributed by atoms with Crippen molar-refractivity contribution in [2.45, 2.75) is 26.2 Å². The van der Waals surface area contributed by atoms with E-state index in [0.717, 1.165) is 22.9 Å². The monoisotopic (exact) mass is 317 g/mol. The van der Waals surface area contributed by atoms with Crippen LogP contribution in [0.3, 0.4) is 0 Å². The molecule has 1 aromatic carbocycles. The summed E-state index contributed by atoms with van der Waals surface area (Å²) in [5.74, 6) is 0.279. The molecule has 94 valence electrons. The highest BCUT2D eigenvalue weighted by atomic mass is 79.9. The first-order valence-electron chi connectivity index (χ1n) is 5.71. The molecular weight excluding hydrogens is 302 g/mol. The molecule has 0 heterocycles. The molecule has 2 nitrogen and oxygen atoms in total. The van der Waals surface area contributed by atoms with Gasteiger partial charge in [-0.15, -0.1) is 0 Å². The van der Waals surface area contributed by atoms with Gasteiger partial charge in [0.1, 0.15) is 5.78 Å². The molecule has 0 aliphatic heterocycles. The molecule has 2 N–H and O–H groups in total. The van der Waals surface area contributed by atoms with Gasteiger partial charge in [0.2, 0.25) is 0 Å². The molecule has 0 fully saturated rings. The molecule has 0 amide bonds. The first kappa shape index (κ1) is 14.7. The van der Waals surface area contributed by atoms with Gasteiger partial charge in [-0.25, -0.2) is 0 Å². The maximum Gasteiger partial charge on any atom is 0.140 e. The number of rotatable bonds is 6. The topological polar surface area (TPSA) is 43.1 Å². The van der Waals surface area contributed by atoms with Crippen LogP contribution in [0, 0.1) is 5.92 Å². The molecule has 1 unspecified atom stereocenters. The predicted octanol–water partition coefficient (Wildman–Crippen LogP) is 3.59. The number of hydrogen-bond acceptors (Lipinski definition) is 2. The second kappa shape index (κ2) is 7.14. The van der Waals surface area contributed by atoms with Crippen molar-refractivity contribution in [3.05, 3.63) is 33.3 Å². The van der Waals surface area contributed by atoms with Crippen molar-refractivity contribution in [2.75, 3.05) is 6.54 Å². The van der Waals surface area contributed by atoms with Gasteiger partial charge in [-0.3, -0.25) is 4.79 Å². The fourth-order valence-corrected chi connectivity index (χ4v) is 2.35. The van der Waals surface area contributed by atoms with Gasteiger partial charge in [0.15, 0.2) is 0 Å². The van der Waals surface area contributed by atoms with Crippen molar-refractivity contribution in [2.24, 2.45) is 11.7 Å². The first-order valence-corrected chi connectivity index (χ1v) is 6.88. The van der Waals surface area contributed by atoms with E-state index >= 15 is 0 Å². The summed E-state index contributed by atoms with van der Waals surface area (Å²) >= 11 is 9.42. The van der Waals surface area contributed by atoms with Crippen LogP contribution >= 0.6 is 27.5 Å². The summed E-state index contributed by atoms with van der Waals surface area (Å²) < 4.78 is 0.926. The Labute approximate surface area is 116 Å². The Balaban J connectivity index is 2.61. The molecule has 0 aromatic heterocycles. The van der Waals surface area contributed by atoms with E-state index in [0.29, 0.717) is 18.0 Å². The van der Waals surface area contributed by atoms with Gasteiger partial charge in [-0.05, 0) is 37.1 Å². The van der Waals surface area contributed by atoms with Crippen LogP contribution in [0.25, 0.3) is 0 Å². The minimum Gasteiger partial charge on any atom is -0.330 e. The van der Waals surface area contributed by atoms with E-state index in [1.165, 1.54) is 0 Å². The number of carbonyl (C=O) groups is 1. The lowest BCUT2D eigenvalue weighted by Gasteiger charge is -2.10. The molecule has 0 aliphatic rings. The smallest absolute Gasteiger partial charge is 0.140 e. The Bertz CT molecular complexity index is 395. The number of carbonyl (C=O) groups excluding carboxylic acids is 1. The van der Waals surface area contributed by atoms with E-state index in [-0.39, 0.29) is 11.7 Å². The summed E-state index contributed by atoms with van der Waals surface area (Å²) in [6.07, 6.45) is 2.14. The largest absolute Gasteiger partial charge is 0.330 e. The highest BCUT2D eigenvalue weighted by molar-refractivity contribution is 9.10. The second-order valence-electron chi connectivity index (χ2n) is 4.21. The normalized spacial score (nSPS) is 12.5. The summed E-state index contributed by atoms with van der Waals surface area (Å²) in [5, 5.41) is 0.638. The Kier molecular flexibility index (Phi) is 6.17. The first-order chi connectivity index (χ1) is 8.04. The molecule has 1 rings (SSSR count). The summed E-state index contributed by atoms with van der Waals surface area (Å²) in [6, 6.07) is 5.60. The number of ketones is 1. The van der Waals surface area contributed by atoms with E-state index in [2.05, 4.69) is 15.9 Å². The van der Waals surface area contributed by atoms with Crippen molar-refractivity contribution in [1.82, 2.24) is 0 Å². The lowest BCUT2D eigenvalue weighted by molar-refractivity contribution is -0.121. The fraction of sp³-hybridized carbons (Fsp3) is 0.462. The van der Waals surface area contributed by atoms with Crippen molar-refractivity contribution in [1.29, 1.82) is 0 Å². The van der Waals surface area contributed by atoms with Gasteiger partial charge in [0.05, 0.1) is 0 Å². The van der Waals surface area contributed by atoms with E-state index in [1.54, 1.807) is 0 Å². The highest BCUT2D eigenvalue weighted by Crippen LogP contribution is 2.23. The maximum absolute atomic E-state index is 11.9. The van der Waals surface area contributed by atoms with E-state index in [1.807, 2.05) is 25.1 Å². The van der Waals surface area contributed by atoms with E-state index in [9.17, 15) is 4.79 Å². The van der Waals surface area contributed by atoms with Crippen LogP contribution < -0.4 is 5.73 Å². The number of benzene rings is 1. The zero-order valence-corrected chi connectivity index (χ0v) is 12.2. The Morgan fingerprint density at radius 3 is 2.82 bits per heavy atom. The summed E-state index contributed by atoms with van der Waals surface area (Å²) in [4.78, 5) is 11.9. The molecule has 0 saturated carbocycles. The SMILES string of the molecule is CC(CCCN)C(=O)Cc1ccc(Br)cc1Cl. The summed E-state index contributed by atoms with van der Waals surface area (Å²) in [6.45, 7) is 2.58. The minimum atomic E-state index is 0.0539. The number of nitrogens with two attached hydrogens (primary N) is 1. The van der Waals surface area contributed by atoms with Gasteiger partial charge in [0, 0.05) is 21.8 Å². The van der Waals surface area contributed by atoms with Gasteiger partial charge >= 0.3 is 0 Å². The lowest BCUT2D eigenvalue weighted by atomic mass is 9.95. The third-order valence-electron chi connectivity index (χ3n) is 2.77. The number of hydrogen-bond donors (Lipinski definition) is 1. The van der Waals surface area contributed by atoms with Gasteiger partial charge in [0.25, 0.3) is 0 Å². The third kappa shape index (κ3) is 4.78. The molecule has 1 aromatic rings. The quantitative estimate of drug-likeness (QED) is 0.871. The molecule has 0 spiro atoms. The van der Waals surface area contributed by atoms with Crippen LogP contribution in [-0.2, 0) is 11.2 Å². The minimum absolute atomic E-state index is 0.0539. The molecule has 17 heavy (non-hydrogen) atoms. The van der Waals surface area contributed by atoms with E-state index < -0.39 is 0 Å². The van der Waals surface area contributed by atoms with Crippen LogP contribution in [-0.4, -0.2) is 12.3 Å². The van der Waals surface area contributed by atoms with Crippen molar-refractivity contribution in [3.63, 3.8) is 0 Å². The Hall–Kier alpha value is -0.380. The van der Waals surface area contributed by atoms with Gasteiger partial charge < -0.3 is 5.73 Å². The van der Waals surface area contributed by atoms with Crippen LogP contribution in [0.4, 0.5) is 0 Å². The predicted molar refractivity (Wildman–Crippen MR) is 75.3 cm³/mol. The van der Waals surface area contributed by atoms with Crippen LogP contribution in [0.15, 0.2) is 22.7 Å². The second-order valence-corrected chi connectivity index (χ2v) is 5.53. The summed E-state index contributed by atoms with van der Waals surface area (Å²) in [5.41, 5.74) is 6.32. The van der Waals surface area contributed by atoms with Gasteiger partial charge in [-0.1, -0.05) is 40.5 Å². The molecule has 0 saturated heterocycles. The standard InChI is InChI=1S/C13H17BrClNO/c1-9(3-2-6-16)13(17)7-10-4-5-11(14)8-12(10)15/h4-5,8-9H,2-3,6-7,16H2,1H3. The third-order valence-corrected chi connectivity index (χ3v) is 3.62. The number of halogens is 2. The molecule has 4 heteroatoms. The molecular formula is C13H17BrClNO. The van der Waals surface area contributed by atoms with Crippen molar-refractivity contribution >= 4 is 33.3 Å². The number of Topliss-reactive ketones (excluding diaryl/α,β-unsaturated/α-hetero) is 1. The van der Waals surface area contributed by atoms with Gasteiger partial charge in [-0.2, -0.15) is 0 Å². The molecule has 0 aliphatic carbocycles. The highest BCUT2D eigenvalue weighted by Gasteiger charge is 2.14. The molecule has 0 radical (unpaired) electrons. The fourth-order valence-electron chi connectivity index (χ4n) is 1.61. The van der Waals surface area contributed by atoms with Crippen molar-refractivity contribution in [3.8, 4) is 0 Å². The average molecular weight is 319 g/mol.